The molecule has 1 unspecified atom stereocenters. The van der Waals surface area contributed by atoms with Crippen molar-refractivity contribution in [2.75, 3.05) is 31.1 Å². The standard InChI is InChI=1S/C22H21F2N5OS/c1-14-25-22-29(26-14)21(30)20(31-22)19(15-6-2-3-7-16(15)23)28-12-10-27(11-13-28)18-9-5-4-8-17(18)24/h2-9,19,30H,10-13H2,1H3. The van der Waals surface area contributed by atoms with Gasteiger partial charge in [0.2, 0.25) is 10.8 Å². The van der Waals surface area contributed by atoms with Gasteiger partial charge in [-0.1, -0.05) is 41.7 Å². The van der Waals surface area contributed by atoms with Gasteiger partial charge in [-0.15, -0.1) is 5.10 Å². The molecule has 0 aliphatic carbocycles. The Hall–Kier alpha value is -3.04. The summed E-state index contributed by atoms with van der Waals surface area (Å²) in [5, 5.41) is 15.1. The van der Waals surface area contributed by atoms with Gasteiger partial charge in [0.25, 0.3) is 0 Å². The number of para-hydroxylation sites is 1. The highest BCUT2D eigenvalue weighted by Gasteiger charge is 2.33. The van der Waals surface area contributed by atoms with Crippen molar-refractivity contribution in [2.45, 2.75) is 13.0 Å². The molecule has 1 saturated heterocycles. The zero-order valence-electron chi connectivity index (χ0n) is 16.9. The van der Waals surface area contributed by atoms with Crippen LogP contribution in [0.3, 0.4) is 0 Å². The molecule has 1 fully saturated rings. The van der Waals surface area contributed by atoms with E-state index in [2.05, 4.69) is 15.0 Å². The Morgan fingerprint density at radius 3 is 2.32 bits per heavy atom. The molecule has 6 nitrogen and oxygen atoms in total. The van der Waals surface area contributed by atoms with Crippen molar-refractivity contribution in [2.24, 2.45) is 0 Å². The summed E-state index contributed by atoms with van der Waals surface area (Å²) in [6.07, 6.45) is 0. The predicted octanol–water partition coefficient (Wildman–Crippen LogP) is 3.99. The van der Waals surface area contributed by atoms with Gasteiger partial charge >= 0.3 is 0 Å². The van der Waals surface area contributed by atoms with Gasteiger partial charge in [-0.2, -0.15) is 4.52 Å². The highest BCUT2D eigenvalue weighted by molar-refractivity contribution is 7.17. The minimum absolute atomic E-state index is 0.0228. The van der Waals surface area contributed by atoms with Crippen LogP contribution in [-0.2, 0) is 0 Å². The van der Waals surface area contributed by atoms with Crippen molar-refractivity contribution >= 4 is 22.0 Å². The molecule has 0 radical (unpaired) electrons. The van der Waals surface area contributed by atoms with Crippen LogP contribution in [0.5, 0.6) is 5.88 Å². The van der Waals surface area contributed by atoms with Crippen molar-refractivity contribution < 1.29 is 13.9 Å². The van der Waals surface area contributed by atoms with E-state index in [-0.39, 0.29) is 17.5 Å². The van der Waals surface area contributed by atoms with Crippen LogP contribution in [0.1, 0.15) is 22.3 Å². The highest BCUT2D eigenvalue weighted by atomic mass is 32.1. The topological polar surface area (TPSA) is 56.9 Å². The number of benzene rings is 2. The molecule has 1 aliphatic heterocycles. The summed E-state index contributed by atoms with van der Waals surface area (Å²) in [5.74, 6) is -0.0433. The second-order valence-corrected chi connectivity index (χ2v) is 8.55. The first-order chi connectivity index (χ1) is 15.0. The van der Waals surface area contributed by atoms with Crippen molar-refractivity contribution in [3.63, 3.8) is 0 Å². The van der Waals surface area contributed by atoms with Crippen molar-refractivity contribution in [1.82, 2.24) is 19.5 Å². The van der Waals surface area contributed by atoms with Crippen molar-refractivity contribution in [3.05, 3.63) is 76.4 Å². The Morgan fingerprint density at radius 2 is 1.65 bits per heavy atom. The summed E-state index contributed by atoms with van der Waals surface area (Å²) in [7, 11) is 0. The maximum Gasteiger partial charge on any atom is 0.230 e. The molecule has 1 N–H and O–H groups in total. The average Bonchev–Trinajstić information content (AvgIpc) is 3.28. The molecule has 0 bridgehead atoms. The second kappa shape index (κ2) is 7.90. The van der Waals surface area contributed by atoms with Gasteiger partial charge in [0.15, 0.2) is 0 Å². The minimum Gasteiger partial charge on any atom is -0.492 e. The molecule has 1 aliphatic rings. The van der Waals surface area contributed by atoms with Crippen molar-refractivity contribution in [1.29, 1.82) is 0 Å². The summed E-state index contributed by atoms with van der Waals surface area (Å²) >= 11 is 1.31. The zero-order chi connectivity index (χ0) is 21.5. The lowest BCUT2D eigenvalue weighted by atomic mass is 10.0. The summed E-state index contributed by atoms with van der Waals surface area (Å²) in [6.45, 7) is 4.10. The lowest BCUT2D eigenvalue weighted by Crippen LogP contribution is -2.48. The largest absolute Gasteiger partial charge is 0.492 e. The Kier molecular flexibility index (Phi) is 5.07. The monoisotopic (exact) mass is 441 g/mol. The molecular weight excluding hydrogens is 420 g/mol. The lowest BCUT2D eigenvalue weighted by Gasteiger charge is -2.40. The highest BCUT2D eigenvalue weighted by Crippen LogP contribution is 2.41. The van der Waals surface area contributed by atoms with Crippen LogP contribution in [0.15, 0.2) is 48.5 Å². The van der Waals surface area contributed by atoms with E-state index in [0.29, 0.717) is 53.1 Å². The number of halogens is 2. The number of piperazine rings is 1. The van der Waals surface area contributed by atoms with Crippen molar-refractivity contribution in [3.8, 4) is 5.88 Å². The molecule has 160 valence electrons. The Morgan fingerprint density at radius 1 is 0.968 bits per heavy atom. The molecule has 2 aromatic carbocycles. The van der Waals surface area contributed by atoms with Crippen LogP contribution in [0.2, 0.25) is 0 Å². The number of rotatable bonds is 4. The normalized spacial score (nSPS) is 16.2. The van der Waals surface area contributed by atoms with E-state index in [1.165, 1.54) is 28.0 Å². The van der Waals surface area contributed by atoms with Gasteiger partial charge in [0, 0.05) is 31.7 Å². The summed E-state index contributed by atoms with van der Waals surface area (Å²) < 4.78 is 30.5. The van der Waals surface area contributed by atoms with E-state index < -0.39 is 6.04 Å². The van der Waals surface area contributed by atoms with E-state index in [9.17, 15) is 13.9 Å². The van der Waals surface area contributed by atoms with Gasteiger partial charge in [-0.25, -0.2) is 13.8 Å². The van der Waals surface area contributed by atoms with E-state index in [4.69, 9.17) is 0 Å². The van der Waals surface area contributed by atoms with E-state index in [1.807, 2.05) is 11.0 Å². The molecule has 0 spiro atoms. The SMILES string of the molecule is Cc1nc2sc(C(c3ccccc3F)N3CCN(c4ccccc4F)CC3)c(O)n2n1. The molecule has 5 rings (SSSR count). The number of thiazole rings is 1. The van der Waals surface area contributed by atoms with Crippen LogP contribution >= 0.6 is 11.3 Å². The number of aromatic hydroxyl groups is 1. The fourth-order valence-electron chi connectivity index (χ4n) is 4.16. The number of nitrogens with zero attached hydrogens (tertiary/aromatic N) is 5. The van der Waals surface area contributed by atoms with E-state index >= 15 is 0 Å². The molecule has 0 amide bonds. The molecule has 4 aromatic rings. The molecule has 1 atom stereocenters. The quantitative estimate of drug-likeness (QED) is 0.519. The first-order valence-electron chi connectivity index (χ1n) is 10.1. The molecule has 2 aromatic heterocycles. The molecule has 3 heterocycles. The third kappa shape index (κ3) is 3.53. The number of hydrogen-bond acceptors (Lipinski definition) is 6. The smallest absolute Gasteiger partial charge is 0.230 e. The summed E-state index contributed by atoms with van der Waals surface area (Å²) in [6, 6.07) is 12.8. The van der Waals surface area contributed by atoms with Crippen LogP contribution in [-0.4, -0.2) is 50.8 Å². The third-order valence-corrected chi connectivity index (χ3v) is 6.70. The fraction of sp³-hybridized carbons (Fsp3) is 0.273. The van der Waals surface area contributed by atoms with E-state index in [1.54, 1.807) is 37.3 Å². The number of anilines is 1. The van der Waals surface area contributed by atoms with Crippen LogP contribution in [0.4, 0.5) is 14.5 Å². The summed E-state index contributed by atoms with van der Waals surface area (Å²) in [5.41, 5.74) is 1.06. The lowest BCUT2D eigenvalue weighted by molar-refractivity contribution is 0.207. The average molecular weight is 442 g/mol. The number of aryl methyl sites for hydroxylation is 1. The minimum atomic E-state index is -0.488. The Balaban J connectivity index is 1.50. The first kappa shape index (κ1) is 19.9. The Labute approximate surface area is 182 Å². The van der Waals surface area contributed by atoms with E-state index in [0.717, 1.165) is 0 Å². The zero-order valence-corrected chi connectivity index (χ0v) is 17.7. The molecule has 31 heavy (non-hydrogen) atoms. The molecule has 9 heteroatoms. The van der Waals surface area contributed by atoms with Gasteiger partial charge in [0.1, 0.15) is 17.5 Å². The van der Waals surface area contributed by atoms with Crippen LogP contribution in [0, 0.1) is 18.6 Å². The summed E-state index contributed by atoms with van der Waals surface area (Å²) in [4.78, 5) is 9.63. The van der Waals surface area contributed by atoms with Crippen LogP contribution in [0.25, 0.3) is 4.96 Å². The van der Waals surface area contributed by atoms with Gasteiger partial charge in [-0.3, -0.25) is 4.90 Å². The number of aromatic nitrogens is 3. The predicted molar refractivity (Wildman–Crippen MR) is 116 cm³/mol. The first-order valence-corrected chi connectivity index (χ1v) is 10.9. The third-order valence-electron chi connectivity index (χ3n) is 5.63. The number of fused-ring (bicyclic) bond motifs is 1. The second-order valence-electron chi connectivity index (χ2n) is 7.54. The van der Waals surface area contributed by atoms with Gasteiger partial charge in [0.05, 0.1) is 16.6 Å². The maximum absolute atomic E-state index is 14.9. The number of hydrogen-bond donors (Lipinski definition) is 1. The maximum atomic E-state index is 14.9. The van der Waals surface area contributed by atoms with Gasteiger partial charge in [-0.05, 0) is 25.1 Å². The molecule has 0 saturated carbocycles. The Bertz CT molecular complexity index is 1230. The molecular formula is C22H21F2N5OS. The van der Waals surface area contributed by atoms with Gasteiger partial charge < -0.3 is 10.0 Å². The van der Waals surface area contributed by atoms with Crippen LogP contribution < -0.4 is 4.90 Å². The fourth-order valence-corrected chi connectivity index (χ4v) is 5.31.